The van der Waals surface area contributed by atoms with Crippen molar-refractivity contribution in [1.82, 2.24) is 0 Å². The minimum atomic E-state index is -4.62. The molecule has 1 aromatic rings. The lowest BCUT2D eigenvalue weighted by molar-refractivity contribution is -0.493. The fourth-order valence-electron chi connectivity index (χ4n) is 1.55. The normalized spacial score (nSPS) is 15.2. The molecule has 2 rings (SSSR count). The summed E-state index contributed by atoms with van der Waals surface area (Å²) < 4.78 is 37.7. The van der Waals surface area contributed by atoms with Crippen molar-refractivity contribution in [2.24, 2.45) is 0 Å². The summed E-state index contributed by atoms with van der Waals surface area (Å²) in [6.45, 7) is -0.824. The maximum absolute atomic E-state index is 12.6. The molecule has 0 atom stereocenters. The van der Waals surface area contributed by atoms with Crippen LogP contribution in [-0.4, -0.2) is 18.0 Å². The van der Waals surface area contributed by atoms with Crippen molar-refractivity contribution in [2.75, 3.05) is 16.6 Å². The molecule has 0 radical (unpaired) electrons. The Morgan fingerprint density at radius 2 is 1.81 bits per heavy atom. The highest BCUT2D eigenvalue weighted by atomic mass is 19.4. The van der Waals surface area contributed by atoms with Crippen LogP contribution in [0.15, 0.2) is 24.3 Å². The Morgan fingerprint density at radius 3 is 2.31 bits per heavy atom. The number of fused-ring (bicyclic) bond motifs is 1. The molecule has 16 heavy (non-hydrogen) atoms. The topological polar surface area (TPSA) is 49.6 Å². The van der Waals surface area contributed by atoms with Crippen LogP contribution in [-0.2, 0) is 0 Å². The molecule has 0 saturated heterocycles. The Balaban J connectivity index is 2.47. The van der Waals surface area contributed by atoms with Crippen LogP contribution in [0.1, 0.15) is 0 Å². The van der Waals surface area contributed by atoms with E-state index in [9.17, 15) is 23.3 Å². The highest BCUT2D eigenvalue weighted by Crippen LogP contribution is 2.41. The molecule has 0 saturated carbocycles. The van der Waals surface area contributed by atoms with Crippen molar-refractivity contribution in [3.63, 3.8) is 0 Å². The number of para-hydroxylation sites is 2. The molecule has 1 aromatic carbocycles. The second-order valence-electron chi connectivity index (χ2n) is 3.16. The molecule has 0 aromatic heterocycles. The van der Waals surface area contributed by atoms with Crippen LogP contribution in [0, 0.1) is 10.1 Å². The van der Waals surface area contributed by atoms with Crippen LogP contribution < -0.4 is 9.91 Å². The van der Waals surface area contributed by atoms with Gasteiger partial charge in [-0.2, -0.15) is 13.2 Å². The van der Waals surface area contributed by atoms with E-state index in [4.69, 9.17) is 0 Å². The van der Waals surface area contributed by atoms with Crippen LogP contribution in [0.25, 0.3) is 0 Å². The monoisotopic (exact) mass is 233 g/mol. The van der Waals surface area contributed by atoms with Crippen molar-refractivity contribution >= 4 is 11.4 Å². The first-order valence-corrected chi connectivity index (χ1v) is 4.26. The number of halogens is 3. The second kappa shape index (κ2) is 3.26. The highest BCUT2D eigenvalue weighted by Gasteiger charge is 2.47. The summed E-state index contributed by atoms with van der Waals surface area (Å²) in [4.78, 5) is 10.6. The summed E-state index contributed by atoms with van der Waals surface area (Å²) in [5, 5.41) is 10.2. The number of nitrogens with zero attached hydrogens (tertiary/aromatic N) is 3. The molecule has 0 N–H and O–H groups in total. The van der Waals surface area contributed by atoms with Crippen LogP contribution >= 0.6 is 0 Å². The number of nitro groups is 1. The van der Waals surface area contributed by atoms with Gasteiger partial charge in [-0.3, -0.25) is 4.90 Å². The fraction of sp³-hybridized carbons (Fsp3) is 0.250. The van der Waals surface area contributed by atoms with Gasteiger partial charge in [0.2, 0.25) is 0 Å². The third-order valence-electron chi connectivity index (χ3n) is 2.23. The van der Waals surface area contributed by atoms with Crippen LogP contribution in [0.5, 0.6) is 0 Å². The zero-order valence-corrected chi connectivity index (χ0v) is 7.81. The molecule has 0 spiro atoms. The number of hydrogen-bond acceptors (Lipinski definition) is 3. The lowest BCUT2D eigenvalue weighted by Crippen LogP contribution is -2.42. The molecule has 0 bridgehead atoms. The van der Waals surface area contributed by atoms with E-state index in [-0.39, 0.29) is 16.3 Å². The van der Waals surface area contributed by atoms with Crippen molar-refractivity contribution in [1.29, 1.82) is 0 Å². The quantitative estimate of drug-likeness (QED) is 0.422. The number of alkyl halides is 3. The third-order valence-corrected chi connectivity index (χ3v) is 2.23. The summed E-state index contributed by atoms with van der Waals surface area (Å²) in [6.07, 6.45) is -4.62. The van der Waals surface area contributed by atoms with Gasteiger partial charge >= 0.3 is 6.30 Å². The molecule has 1 aliphatic rings. The molecular weight excluding hydrogens is 227 g/mol. The molecule has 0 unspecified atom stereocenters. The SMILES string of the molecule is O=[N+]([O-])N1CN(C(F)(F)F)c2ccccc21. The van der Waals surface area contributed by atoms with E-state index < -0.39 is 18.0 Å². The van der Waals surface area contributed by atoms with Crippen molar-refractivity contribution in [3.8, 4) is 0 Å². The first-order chi connectivity index (χ1) is 7.41. The summed E-state index contributed by atoms with van der Waals surface area (Å²) in [5.41, 5.74) is -0.253. The minimum absolute atomic E-state index is 0.0329. The average molecular weight is 233 g/mol. The van der Waals surface area contributed by atoms with Crippen LogP contribution in [0.3, 0.4) is 0 Å². The average Bonchev–Trinajstić information content (AvgIpc) is 2.56. The van der Waals surface area contributed by atoms with E-state index in [1.807, 2.05) is 0 Å². The van der Waals surface area contributed by atoms with E-state index in [1.54, 1.807) is 0 Å². The van der Waals surface area contributed by atoms with E-state index in [0.29, 0.717) is 5.01 Å². The van der Waals surface area contributed by atoms with Gasteiger partial charge in [0.05, 0.1) is 5.69 Å². The van der Waals surface area contributed by atoms with Crippen molar-refractivity contribution in [3.05, 3.63) is 34.4 Å². The fourth-order valence-corrected chi connectivity index (χ4v) is 1.55. The standard InChI is InChI=1S/C8H6F3N3O2/c9-8(10,11)12-5-13(14(15)16)7-4-2-1-3-6(7)12/h1-4H,5H2. The number of hydrazine groups is 1. The minimum Gasteiger partial charge on any atom is -0.258 e. The van der Waals surface area contributed by atoms with E-state index in [1.165, 1.54) is 24.3 Å². The summed E-state index contributed by atoms with van der Waals surface area (Å²) in [6, 6.07) is 5.34. The number of hydrogen-bond donors (Lipinski definition) is 0. The molecule has 1 aliphatic heterocycles. The predicted molar refractivity (Wildman–Crippen MR) is 49.3 cm³/mol. The van der Waals surface area contributed by atoms with Crippen LogP contribution in [0.2, 0.25) is 0 Å². The number of benzene rings is 1. The van der Waals surface area contributed by atoms with Crippen molar-refractivity contribution in [2.45, 2.75) is 6.30 Å². The molecule has 0 aliphatic carbocycles. The molecule has 5 nitrogen and oxygen atoms in total. The lowest BCUT2D eigenvalue weighted by atomic mass is 10.3. The Bertz CT molecular complexity index is 435. The predicted octanol–water partition coefficient (Wildman–Crippen LogP) is 1.98. The summed E-state index contributed by atoms with van der Waals surface area (Å²) >= 11 is 0. The van der Waals surface area contributed by atoms with Gasteiger partial charge in [0.15, 0.2) is 11.7 Å². The Hall–Kier alpha value is -1.99. The largest absolute Gasteiger partial charge is 0.486 e. The first-order valence-electron chi connectivity index (χ1n) is 4.26. The zero-order valence-electron chi connectivity index (χ0n) is 7.81. The third kappa shape index (κ3) is 1.51. The molecule has 0 fully saturated rings. The van der Waals surface area contributed by atoms with E-state index in [0.717, 1.165) is 0 Å². The van der Waals surface area contributed by atoms with Crippen molar-refractivity contribution < 1.29 is 18.2 Å². The molecule has 86 valence electrons. The van der Waals surface area contributed by atoms with Crippen LogP contribution in [0.4, 0.5) is 24.5 Å². The van der Waals surface area contributed by atoms with Gasteiger partial charge in [-0.25, -0.2) is 10.1 Å². The second-order valence-corrected chi connectivity index (χ2v) is 3.16. The Morgan fingerprint density at radius 1 is 1.25 bits per heavy atom. The summed E-state index contributed by atoms with van der Waals surface area (Å²) in [7, 11) is 0. The first kappa shape index (κ1) is 10.5. The van der Waals surface area contributed by atoms with Gasteiger partial charge in [-0.05, 0) is 12.1 Å². The maximum atomic E-state index is 12.6. The molecule has 1 heterocycles. The number of rotatable bonds is 1. The van der Waals surface area contributed by atoms with Gasteiger partial charge in [0.1, 0.15) is 5.69 Å². The van der Waals surface area contributed by atoms with Gasteiger partial charge in [0, 0.05) is 0 Å². The smallest absolute Gasteiger partial charge is 0.258 e. The van der Waals surface area contributed by atoms with Gasteiger partial charge in [-0.1, -0.05) is 17.1 Å². The molecule has 8 heteroatoms. The lowest BCUT2D eigenvalue weighted by Gasteiger charge is -2.20. The Labute approximate surface area is 87.8 Å². The maximum Gasteiger partial charge on any atom is 0.486 e. The zero-order chi connectivity index (χ0) is 11.9. The summed E-state index contributed by atoms with van der Waals surface area (Å²) in [5.74, 6) is 0. The Kier molecular flexibility index (Phi) is 2.14. The van der Waals surface area contributed by atoms with E-state index in [2.05, 4.69) is 0 Å². The molecule has 0 amide bonds. The highest BCUT2D eigenvalue weighted by molar-refractivity contribution is 5.75. The van der Waals surface area contributed by atoms with Gasteiger partial charge in [-0.15, -0.1) is 0 Å². The number of anilines is 2. The van der Waals surface area contributed by atoms with E-state index >= 15 is 0 Å². The van der Waals surface area contributed by atoms with Gasteiger partial charge in [0.25, 0.3) is 0 Å². The van der Waals surface area contributed by atoms with Gasteiger partial charge < -0.3 is 0 Å². The molecular formula is C8H6F3N3O2.